The highest BCUT2D eigenvalue weighted by Crippen LogP contribution is 2.25. The summed E-state index contributed by atoms with van der Waals surface area (Å²) in [6, 6.07) is 6.69. The zero-order valence-corrected chi connectivity index (χ0v) is 13.1. The van der Waals surface area contributed by atoms with Gasteiger partial charge in [-0.05, 0) is 12.1 Å². The molecule has 0 saturated carbocycles. The molecule has 1 amide bonds. The molecule has 1 atom stereocenters. The molecular weight excluding hydrogens is 294 g/mol. The number of hydrogen-bond acceptors (Lipinski definition) is 4. The van der Waals surface area contributed by atoms with Crippen LogP contribution in [0.15, 0.2) is 24.3 Å². The predicted molar refractivity (Wildman–Crippen MR) is 79.5 cm³/mol. The van der Waals surface area contributed by atoms with Crippen molar-refractivity contribution in [2.45, 2.75) is 12.5 Å². The fraction of sp³-hybridized carbons (Fsp3) is 0.462. The van der Waals surface area contributed by atoms with Crippen molar-refractivity contribution in [1.29, 1.82) is 0 Å². The van der Waals surface area contributed by atoms with Crippen molar-refractivity contribution in [2.24, 2.45) is 0 Å². The van der Waals surface area contributed by atoms with Gasteiger partial charge in [-0.1, -0.05) is 6.07 Å². The lowest BCUT2D eigenvalue weighted by Crippen LogP contribution is -2.43. The maximum Gasteiger partial charge on any atom is 0.279 e. The lowest BCUT2D eigenvalue weighted by Gasteiger charge is -2.19. The fourth-order valence-electron chi connectivity index (χ4n) is 2.13. The van der Waals surface area contributed by atoms with E-state index in [-0.39, 0.29) is 12.3 Å². The summed E-state index contributed by atoms with van der Waals surface area (Å²) in [5, 5.41) is 0. The van der Waals surface area contributed by atoms with Crippen molar-refractivity contribution in [2.75, 3.05) is 32.6 Å². The van der Waals surface area contributed by atoms with E-state index < -0.39 is 16.3 Å². The second-order valence-corrected chi connectivity index (χ2v) is 6.93. The largest absolute Gasteiger partial charge is 0.497 e. The van der Waals surface area contributed by atoms with Gasteiger partial charge in [-0.2, -0.15) is 17.4 Å². The van der Waals surface area contributed by atoms with Gasteiger partial charge < -0.3 is 9.64 Å². The highest BCUT2D eigenvalue weighted by Gasteiger charge is 2.33. The molecule has 8 heteroatoms. The molecule has 21 heavy (non-hydrogen) atoms. The van der Waals surface area contributed by atoms with Crippen molar-refractivity contribution in [3.63, 3.8) is 0 Å². The van der Waals surface area contributed by atoms with Gasteiger partial charge in [0.05, 0.1) is 7.11 Å². The Bertz CT molecular complexity index is 630. The first-order valence-electron chi connectivity index (χ1n) is 6.47. The van der Waals surface area contributed by atoms with Crippen molar-refractivity contribution in [1.82, 2.24) is 9.03 Å². The first-order valence-corrected chi connectivity index (χ1v) is 7.91. The summed E-state index contributed by atoms with van der Waals surface area (Å²) in [5.74, 6) is 0.535. The Morgan fingerprint density at radius 1 is 1.38 bits per heavy atom. The average Bonchev–Trinajstić information content (AvgIpc) is 2.78. The molecule has 1 saturated heterocycles. The number of nitrogens with one attached hydrogen (secondary N) is 1. The monoisotopic (exact) mass is 313 g/mol. The summed E-state index contributed by atoms with van der Waals surface area (Å²) in [6.45, 7) is 0.305. The Hall–Kier alpha value is -1.64. The molecule has 7 nitrogen and oxygen atoms in total. The summed E-state index contributed by atoms with van der Waals surface area (Å²) in [6.07, 6.45) is 0.143. The van der Waals surface area contributed by atoms with Gasteiger partial charge in [0.2, 0.25) is 5.91 Å². The van der Waals surface area contributed by atoms with E-state index in [1.165, 1.54) is 14.1 Å². The maximum absolute atomic E-state index is 12.1. The minimum atomic E-state index is -3.54. The van der Waals surface area contributed by atoms with Gasteiger partial charge in [0.1, 0.15) is 5.75 Å². The van der Waals surface area contributed by atoms with E-state index in [9.17, 15) is 13.2 Å². The standard InChI is InChI=1S/C13H19N3O4S/c1-15(2)21(18,19)14-10-7-13(17)16(9-10)11-5-4-6-12(8-11)20-3/h4-6,8,10,14H,7,9H2,1-3H3. The summed E-state index contributed by atoms with van der Waals surface area (Å²) in [4.78, 5) is 13.6. The number of benzene rings is 1. The van der Waals surface area contributed by atoms with Crippen LogP contribution in [0, 0.1) is 0 Å². The highest BCUT2D eigenvalue weighted by molar-refractivity contribution is 7.87. The maximum atomic E-state index is 12.1. The molecule has 116 valence electrons. The van der Waals surface area contributed by atoms with Crippen LogP contribution in [0.3, 0.4) is 0 Å². The number of ether oxygens (including phenoxy) is 1. The molecule has 0 radical (unpaired) electrons. The molecule has 1 heterocycles. The molecule has 1 fully saturated rings. The predicted octanol–water partition coefficient (Wildman–Crippen LogP) is 0.197. The molecule has 1 unspecified atom stereocenters. The van der Waals surface area contributed by atoms with Gasteiger partial charge in [-0.15, -0.1) is 0 Å². The zero-order valence-electron chi connectivity index (χ0n) is 12.2. The normalized spacial score (nSPS) is 19.3. The van der Waals surface area contributed by atoms with E-state index in [0.29, 0.717) is 18.0 Å². The molecule has 0 spiro atoms. The van der Waals surface area contributed by atoms with Crippen molar-refractivity contribution < 1.29 is 17.9 Å². The Labute approximate surface area is 124 Å². The van der Waals surface area contributed by atoms with Crippen molar-refractivity contribution >= 4 is 21.8 Å². The lowest BCUT2D eigenvalue weighted by atomic mass is 10.3. The van der Waals surface area contributed by atoms with Crippen LogP contribution in [0.2, 0.25) is 0 Å². The van der Waals surface area contributed by atoms with E-state index in [4.69, 9.17) is 4.74 Å². The molecule has 1 aromatic rings. The molecule has 1 aliphatic rings. The van der Waals surface area contributed by atoms with Crippen LogP contribution in [-0.2, 0) is 15.0 Å². The van der Waals surface area contributed by atoms with E-state index in [2.05, 4.69) is 4.72 Å². The number of carbonyl (C=O) groups excluding carboxylic acids is 1. The Morgan fingerprint density at radius 2 is 2.10 bits per heavy atom. The van der Waals surface area contributed by atoms with Crippen LogP contribution < -0.4 is 14.4 Å². The van der Waals surface area contributed by atoms with Crippen LogP contribution in [0.5, 0.6) is 5.75 Å². The summed E-state index contributed by atoms with van der Waals surface area (Å²) < 4.78 is 32.3. The van der Waals surface area contributed by atoms with E-state index in [1.54, 1.807) is 36.3 Å². The fourth-order valence-corrected chi connectivity index (χ4v) is 2.92. The van der Waals surface area contributed by atoms with Crippen molar-refractivity contribution in [3.8, 4) is 5.75 Å². The zero-order chi connectivity index (χ0) is 15.6. The van der Waals surface area contributed by atoms with Gasteiger partial charge in [-0.3, -0.25) is 4.79 Å². The average molecular weight is 313 g/mol. The molecule has 1 aromatic carbocycles. The van der Waals surface area contributed by atoms with E-state index >= 15 is 0 Å². The van der Waals surface area contributed by atoms with Crippen LogP contribution in [0.1, 0.15) is 6.42 Å². The second-order valence-electron chi connectivity index (χ2n) is 5.01. The molecule has 0 bridgehead atoms. The Morgan fingerprint density at radius 3 is 2.71 bits per heavy atom. The highest BCUT2D eigenvalue weighted by atomic mass is 32.2. The van der Waals surface area contributed by atoms with Crippen LogP contribution in [-0.4, -0.2) is 52.4 Å². The Balaban J connectivity index is 2.13. The van der Waals surface area contributed by atoms with Crippen LogP contribution in [0.25, 0.3) is 0 Å². The third kappa shape index (κ3) is 3.52. The molecule has 0 aromatic heterocycles. The number of methoxy groups -OCH3 is 1. The topological polar surface area (TPSA) is 79.0 Å². The third-order valence-electron chi connectivity index (χ3n) is 3.29. The van der Waals surface area contributed by atoms with E-state index in [1.807, 2.05) is 0 Å². The molecule has 1 aliphatic heterocycles. The van der Waals surface area contributed by atoms with Gasteiger partial charge >= 0.3 is 0 Å². The number of anilines is 1. The first kappa shape index (κ1) is 15.7. The minimum Gasteiger partial charge on any atom is -0.497 e. The van der Waals surface area contributed by atoms with Gasteiger partial charge in [0, 0.05) is 44.9 Å². The summed E-state index contributed by atoms with van der Waals surface area (Å²) in [5.41, 5.74) is 0.700. The molecular formula is C13H19N3O4S. The lowest BCUT2D eigenvalue weighted by molar-refractivity contribution is -0.117. The summed E-state index contributed by atoms with van der Waals surface area (Å²) >= 11 is 0. The number of amides is 1. The van der Waals surface area contributed by atoms with Crippen LogP contribution in [0.4, 0.5) is 5.69 Å². The number of nitrogens with zero attached hydrogens (tertiary/aromatic N) is 2. The summed E-state index contributed by atoms with van der Waals surface area (Å²) in [7, 11) is 0.898. The smallest absolute Gasteiger partial charge is 0.279 e. The number of hydrogen-bond donors (Lipinski definition) is 1. The molecule has 1 N–H and O–H groups in total. The quantitative estimate of drug-likeness (QED) is 0.842. The van der Waals surface area contributed by atoms with E-state index in [0.717, 1.165) is 4.31 Å². The first-order chi connectivity index (χ1) is 9.83. The van der Waals surface area contributed by atoms with Gasteiger partial charge in [0.15, 0.2) is 0 Å². The molecule has 2 rings (SSSR count). The van der Waals surface area contributed by atoms with Gasteiger partial charge in [0.25, 0.3) is 10.2 Å². The number of carbonyl (C=O) groups is 1. The SMILES string of the molecule is COc1cccc(N2CC(NS(=O)(=O)N(C)C)CC2=O)c1. The van der Waals surface area contributed by atoms with Crippen molar-refractivity contribution in [3.05, 3.63) is 24.3 Å². The minimum absolute atomic E-state index is 0.116. The third-order valence-corrected chi connectivity index (χ3v) is 4.88. The van der Waals surface area contributed by atoms with Gasteiger partial charge in [-0.25, -0.2) is 0 Å². The number of rotatable bonds is 5. The second kappa shape index (κ2) is 6.00. The Kier molecular flexibility index (Phi) is 4.50. The van der Waals surface area contributed by atoms with Crippen LogP contribution >= 0.6 is 0 Å². The molecule has 0 aliphatic carbocycles.